The number of furan rings is 1. The van der Waals surface area contributed by atoms with Crippen molar-refractivity contribution >= 4 is 34.8 Å². The molecule has 11 nitrogen and oxygen atoms in total. The summed E-state index contributed by atoms with van der Waals surface area (Å²) < 4.78 is 11.3. The van der Waals surface area contributed by atoms with E-state index in [1.807, 2.05) is 18.2 Å². The zero-order valence-electron chi connectivity index (χ0n) is 20.8. The van der Waals surface area contributed by atoms with Crippen molar-refractivity contribution in [3.63, 3.8) is 0 Å². The van der Waals surface area contributed by atoms with Crippen LogP contribution in [-0.4, -0.2) is 66.6 Å². The van der Waals surface area contributed by atoms with E-state index in [2.05, 4.69) is 34.7 Å². The number of piperazine rings is 1. The van der Waals surface area contributed by atoms with E-state index in [9.17, 15) is 14.4 Å². The fraction of sp³-hybridized carbons (Fsp3) is 0.385. The normalized spacial score (nSPS) is 25.4. The molecule has 3 atom stereocenters. The Balaban J connectivity index is 1.34. The van der Waals surface area contributed by atoms with Crippen molar-refractivity contribution in [1.82, 2.24) is 25.8 Å². The van der Waals surface area contributed by atoms with Crippen LogP contribution >= 0.6 is 0 Å². The monoisotopic (exact) mass is 504 g/mol. The summed E-state index contributed by atoms with van der Waals surface area (Å²) in [6, 6.07) is 10.7. The van der Waals surface area contributed by atoms with Crippen molar-refractivity contribution in [3.05, 3.63) is 53.3 Å². The quantitative estimate of drug-likeness (QED) is 0.448. The Kier molecular flexibility index (Phi) is 5.34. The molecule has 37 heavy (non-hydrogen) atoms. The average molecular weight is 505 g/mol. The number of anilines is 1. The Morgan fingerprint density at radius 2 is 1.89 bits per heavy atom. The molecule has 3 N–H and O–H groups in total. The summed E-state index contributed by atoms with van der Waals surface area (Å²) in [6.07, 6.45) is 0. The van der Waals surface area contributed by atoms with Crippen molar-refractivity contribution in [2.45, 2.75) is 38.0 Å². The average Bonchev–Trinajstić information content (AvgIpc) is 3.51. The molecule has 5 heterocycles. The number of carbonyl (C=O) groups excluding carboxylic acids is 3. The van der Waals surface area contributed by atoms with Gasteiger partial charge in [0.05, 0.1) is 13.7 Å². The van der Waals surface area contributed by atoms with Crippen molar-refractivity contribution < 1.29 is 23.5 Å². The number of urea groups is 1. The fourth-order valence-corrected chi connectivity index (χ4v) is 5.55. The van der Waals surface area contributed by atoms with Gasteiger partial charge in [0.1, 0.15) is 22.8 Å². The molecular formula is C26H28N6O5. The van der Waals surface area contributed by atoms with E-state index in [0.717, 1.165) is 24.5 Å². The first-order valence-corrected chi connectivity index (χ1v) is 12.3. The SMILES string of the molecule is COc1ccc2c(c1)C(=O)N(CC1(c3cc4nc(N5CC(C)NC(C)C5)ccc4o3)NC(=O)NC1=O)C2. The van der Waals surface area contributed by atoms with Crippen LogP contribution in [-0.2, 0) is 16.9 Å². The van der Waals surface area contributed by atoms with E-state index in [1.165, 1.54) is 12.0 Å². The molecule has 0 aliphatic carbocycles. The van der Waals surface area contributed by atoms with Crippen LogP contribution in [0.3, 0.4) is 0 Å². The van der Waals surface area contributed by atoms with Gasteiger partial charge in [-0.25, -0.2) is 9.78 Å². The third kappa shape index (κ3) is 3.86. The van der Waals surface area contributed by atoms with Crippen molar-refractivity contribution in [2.75, 3.05) is 31.6 Å². The first-order valence-electron chi connectivity index (χ1n) is 12.3. The maximum atomic E-state index is 13.2. The largest absolute Gasteiger partial charge is 0.497 e. The number of rotatable bonds is 5. The van der Waals surface area contributed by atoms with E-state index < -0.39 is 17.5 Å². The highest BCUT2D eigenvalue weighted by atomic mass is 16.5. The number of benzene rings is 1. The van der Waals surface area contributed by atoms with E-state index in [0.29, 0.717) is 41.0 Å². The molecule has 0 radical (unpaired) electrons. The number of pyridine rings is 1. The van der Waals surface area contributed by atoms with Crippen LogP contribution in [0.15, 0.2) is 40.8 Å². The Labute approximate surface area is 213 Å². The Morgan fingerprint density at radius 3 is 2.59 bits per heavy atom. The number of hydrogen-bond donors (Lipinski definition) is 3. The second-order valence-electron chi connectivity index (χ2n) is 10.0. The van der Waals surface area contributed by atoms with Gasteiger partial charge in [0, 0.05) is 43.3 Å². The first-order chi connectivity index (χ1) is 17.8. The lowest BCUT2D eigenvalue weighted by atomic mass is 9.95. The number of imide groups is 1. The topological polar surface area (TPSA) is 129 Å². The predicted octanol–water partition coefficient (Wildman–Crippen LogP) is 1.71. The van der Waals surface area contributed by atoms with Gasteiger partial charge in [0.2, 0.25) is 0 Å². The van der Waals surface area contributed by atoms with Gasteiger partial charge < -0.3 is 29.6 Å². The molecule has 11 heteroatoms. The van der Waals surface area contributed by atoms with Gasteiger partial charge in [-0.3, -0.25) is 14.9 Å². The van der Waals surface area contributed by atoms with E-state index >= 15 is 0 Å². The molecular weight excluding hydrogens is 476 g/mol. The molecule has 1 aromatic carbocycles. The summed E-state index contributed by atoms with van der Waals surface area (Å²) in [4.78, 5) is 47.3. The summed E-state index contributed by atoms with van der Waals surface area (Å²) >= 11 is 0. The van der Waals surface area contributed by atoms with E-state index in [-0.39, 0.29) is 18.2 Å². The number of nitrogens with zero attached hydrogens (tertiary/aromatic N) is 3. The molecule has 192 valence electrons. The number of hydrogen-bond acceptors (Lipinski definition) is 8. The molecule has 0 spiro atoms. The number of ether oxygens (including phenoxy) is 1. The smallest absolute Gasteiger partial charge is 0.322 e. The molecule has 2 aromatic heterocycles. The molecule has 3 aliphatic heterocycles. The first kappa shape index (κ1) is 23.3. The minimum Gasteiger partial charge on any atom is -0.497 e. The van der Waals surface area contributed by atoms with Crippen LogP contribution in [0.1, 0.15) is 35.5 Å². The van der Waals surface area contributed by atoms with Gasteiger partial charge >= 0.3 is 6.03 Å². The Bertz CT molecular complexity index is 1430. The standard InChI is InChI=1S/C26H28N6O5/c1-14-10-31(11-15(2)27-14)22-7-6-20-19(28-22)9-21(37-20)26(24(34)29-25(35)30-26)13-32-12-16-4-5-17(36-3)8-18(16)23(32)33/h4-9,14-15,27H,10-13H2,1-3H3,(H2,29,30,34,35). The summed E-state index contributed by atoms with van der Waals surface area (Å²) in [7, 11) is 1.54. The number of carbonyl (C=O) groups is 3. The molecule has 6 rings (SSSR count). The van der Waals surface area contributed by atoms with Crippen LogP contribution in [0, 0.1) is 0 Å². The zero-order valence-corrected chi connectivity index (χ0v) is 20.8. The maximum absolute atomic E-state index is 13.2. The van der Waals surface area contributed by atoms with Gasteiger partial charge in [-0.15, -0.1) is 0 Å². The van der Waals surface area contributed by atoms with Gasteiger partial charge in [-0.2, -0.15) is 0 Å². The maximum Gasteiger partial charge on any atom is 0.322 e. The minimum absolute atomic E-state index is 0.0973. The van der Waals surface area contributed by atoms with E-state index in [4.69, 9.17) is 14.1 Å². The third-order valence-electron chi connectivity index (χ3n) is 7.23. The second-order valence-corrected chi connectivity index (χ2v) is 10.0. The van der Waals surface area contributed by atoms with Crippen LogP contribution in [0.25, 0.3) is 11.1 Å². The molecule has 3 aliphatic rings. The van der Waals surface area contributed by atoms with Gasteiger partial charge in [0.25, 0.3) is 11.8 Å². The zero-order chi connectivity index (χ0) is 25.9. The predicted molar refractivity (Wildman–Crippen MR) is 134 cm³/mol. The number of amides is 4. The van der Waals surface area contributed by atoms with Crippen molar-refractivity contribution in [1.29, 1.82) is 0 Å². The van der Waals surface area contributed by atoms with Crippen molar-refractivity contribution in [2.24, 2.45) is 0 Å². The Hall–Kier alpha value is -4.12. The molecule has 2 saturated heterocycles. The van der Waals surface area contributed by atoms with Crippen molar-refractivity contribution in [3.8, 4) is 5.75 Å². The molecule has 3 aromatic rings. The molecule has 3 unspecified atom stereocenters. The summed E-state index contributed by atoms with van der Waals surface area (Å²) in [5.41, 5.74) is 0.804. The molecule has 0 bridgehead atoms. The van der Waals surface area contributed by atoms with Crippen LogP contribution < -0.4 is 25.6 Å². The number of fused-ring (bicyclic) bond motifs is 2. The summed E-state index contributed by atoms with van der Waals surface area (Å²) in [5.74, 6) is 0.776. The molecule has 2 fully saturated rings. The van der Waals surface area contributed by atoms with E-state index in [1.54, 1.807) is 18.2 Å². The fourth-order valence-electron chi connectivity index (χ4n) is 5.55. The minimum atomic E-state index is -1.59. The van der Waals surface area contributed by atoms with Gasteiger partial charge in [-0.05, 0) is 43.7 Å². The van der Waals surface area contributed by atoms with Gasteiger partial charge in [-0.1, -0.05) is 6.07 Å². The summed E-state index contributed by atoms with van der Waals surface area (Å²) in [5, 5.41) is 8.54. The lowest BCUT2D eigenvalue weighted by molar-refractivity contribution is -0.125. The summed E-state index contributed by atoms with van der Waals surface area (Å²) in [6.45, 7) is 6.11. The van der Waals surface area contributed by atoms with Crippen LogP contribution in [0.4, 0.5) is 10.6 Å². The molecule has 0 saturated carbocycles. The third-order valence-corrected chi connectivity index (χ3v) is 7.23. The molecule has 4 amide bonds. The van der Waals surface area contributed by atoms with Crippen LogP contribution in [0.5, 0.6) is 5.75 Å². The number of methoxy groups -OCH3 is 1. The number of aromatic nitrogens is 1. The second kappa shape index (κ2) is 8.48. The lowest BCUT2D eigenvalue weighted by Gasteiger charge is -2.36. The highest BCUT2D eigenvalue weighted by molar-refractivity contribution is 6.08. The highest BCUT2D eigenvalue weighted by Gasteiger charge is 2.53. The lowest BCUT2D eigenvalue weighted by Crippen LogP contribution is -2.54. The van der Waals surface area contributed by atoms with Crippen LogP contribution in [0.2, 0.25) is 0 Å². The van der Waals surface area contributed by atoms with Gasteiger partial charge in [0.15, 0.2) is 11.1 Å². The number of nitrogens with one attached hydrogen (secondary N) is 3. The highest BCUT2D eigenvalue weighted by Crippen LogP contribution is 2.35. The Morgan fingerprint density at radius 1 is 1.11 bits per heavy atom.